The lowest BCUT2D eigenvalue weighted by molar-refractivity contribution is -0.119. The van der Waals surface area contributed by atoms with E-state index < -0.39 is 0 Å². The van der Waals surface area contributed by atoms with Crippen LogP contribution in [0.15, 0.2) is 6.20 Å². The van der Waals surface area contributed by atoms with Crippen LogP contribution in [0.2, 0.25) is 0 Å². The van der Waals surface area contributed by atoms with Crippen molar-refractivity contribution >= 4 is 5.78 Å². The number of ketones is 1. The van der Waals surface area contributed by atoms with Crippen LogP contribution in [0.5, 0.6) is 0 Å². The van der Waals surface area contributed by atoms with Crippen molar-refractivity contribution in [1.82, 2.24) is 25.2 Å². The highest BCUT2D eigenvalue weighted by atomic mass is 16.5. The van der Waals surface area contributed by atoms with Crippen molar-refractivity contribution in [2.75, 3.05) is 39.9 Å². The van der Waals surface area contributed by atoms with E-state index in [1.807, 2.05) is 17.9 Å². The van der Waals surface area contributed by atoms with E-state index in [0.717, 1.165) is 51.4 Å². The molecule has 208 valence electrons. The predicted molar refractivity (Wildman–Crippen MR) is 148 cm³/mol. The van der Waals surface area contributed by atoms with Crippen LogP contribution in [0, 0.1) is 27.6 Å². The summed E-state index contributed by atoms with van der Waals surface area (Å²) in [4.78, 5) is 14.3. The molecule has 1 aromatic heterocycles. The molecule has 1 N–H and O–H groups in total. The topological polar surface area (TPSA) is 72.3 Å². The SMILES string of the molecule is CNCc1cn(CC(C)(C)COCC(C)(C)CN2CCC(C(C)(C)CC(C)(C)CC(C)=O)CC2)nn1. The number of nitrogens with one attached hydrogen (secondary N) is 1. The van der Waals surface area contributed by atoms with E-state index in [0.29, 0.717) is 24.7 Å². The average molecular weight is 506 g/mol. The molecule has 0 unspecified atom stereocenters. The third-order valence-corrected chi connectivity index (χ3v) is 7.53. The third-order valence-electron chi connectivity index (χ3n) is 7.53. The summed E-state index contributed by atoms with van der Waals surface area (Å²) in [5.41, 5.74) is 1.38. The summed E-state index contributed by atoms with van der Waals surface area (Å²) in [5, 5.41) is 11.6. The highest BCUT2D eigenvalue weighted by Crippen LogP contribution is 2.45. The fraction of sp³-hybridized carbons (Fsp3) is 0.897. The van der Waals surface area contributed by atoms with Gasteiger partial charge in [0, 0.05) is 43.1 Å². The molecule has 1 saturated heterocycles. The maximum atomic E-state index is 11.7. The van der Waals surface area contributed by atoms with Gasteiger partial charge in [0.25, 0.3) is 0 Å². The maximum Gasteiger partial charge on any atom is 0.130 e. The molecule has 36 heavy (non-hydrogen) atoms. The zero-order valence-corrected chi connectivity index (χ0v) is 25.0. The van der Waals surface area contributed by atoms with Gasteiger partial charge in [-0.2, -0.15) is 0 Å². The number of aromatic nitrogens is 3. The average Bonchev–Trinajstić information content (AvgIpc) is 3.12. The van der Waals surface area contributed by atoms with Gasteiger partial charge in [0.2, 0.25) is 0 Å². The van der Waals surface area contributed by atoms with E-state index in [4.69, 9.17) is 4.74 Å². The fourth-order valence-electron chi connectivity index (χ4n) is 6.40. The van der Waals surface area contributed by atoms with E-state index >= 15 is 0 Å². The second-order valence-electron chi connectivity index (χ2n) is 14.5. The second-order valence-corrected chi connectivity index (χ2v) is 14.5. The molecule has 7 heteroatoms. The number of carbonyl (C=O) groups excluding carboxylic acids is 1. The molecule has 0 saturated carbocycles. The minimum atomic E-state index is -0.0131. The molecule has 0 spiro atoms. The summed E-state index contributed by atoms with van der Waals surface area (Å²) in [5.74, 6) is 1.01. The van der Waals surface area contributed by atoms with Gasteiger partial charge in [-0.1, -0.05) is 60.6 Å². The number of nitrogens with zero attached hydrogens (tertiary/aromatic N) is 4. The van der Waals surface area contributed by atoms with Crippen LogP contribution in [0.4, 0.5) is 0 Å². The van der Waals surface area contributed by atoms with Gasteiger partial charge >= 0.3 is 0 Å². The lowest BCUT2D eigenvalue weighted by Gasteiger charge is -2.45. The summed E-state index contributed by atoms with van der Waals surface area (Å²) in [6.07, 6.45) is 6.26. The highest BCUT2D eigenvalue weighted by molar-refractivity contribution is 5.76. The van der Waals surface area contributed by atoms with Gasteiger partial charge in [-0.3, -0.25) is 4.68 Å². The molecule has 1 fully saturated rings. The van der Waals surface area contributed by atoms with Crippen molar-refractivity contribution in [3.05, 3.63) is 11.9 Å². The van der Waals surface area contributed by atoms with Crippen molar-refractivity contribution in [3.8, 4) is 0 Å². The minimum absolute atomic E-state index is 0.0131. The van der Waals surface area contributed by atoms with Crippen LogP contribution >= 0.6 is 0 Å². The monoisotopic (exact) mass is 505 g/mol. The van der Waals surface area contributed by atoms with Crippen LogP contribution < -0.4 is 5.32 Å². The molecule has 1 aliphatic heterocycles. The number of ether oxygens (including phenoxy) is 1. The van der Waals surface area contributed by atoms with Crippen molar-refractivity contribution in [3.63, 3.8) is 0 Å². The van der Waals surface area contributed by atoms with Crippen molar-refractivity contribution in [2.24, 2.45) is 27.6 Å². The van der Waals surface area contributed by atoms with E-state index in [1.165, 1.54) is 12.8 Å². The van der Waals surface area contributed by atoms with Gasteiger partial charge < -0.3 is 19.7 Å². The van der Waals surface area contributed by atoms with E-state index in [1.54, 1.807) is 6.92 Å². The van der Waals surface area contributed by atoms with Crippen LogP contribution in [-0.2, 0) is 22.6 Å². The Morgan fingerprint density at radius 3 is 2.14 bits per heavy atom. The second kappa shape index (κ2) is 12.5. The highest BCUT2D eigenvalue weighted by Gasteiger charge is 2.38. The zero-order valence-electron chi connectivity index (χ0n) is 25.0. The van der Waals surface area contributed by atoms with Crippen molar-refractivity contribution in [2.45, 2.75) is 101 Å². The Bertz CT molecular complexity index is 819. The third kappa shape index (κ3) is 10.6. The lowest BCUT2D eigenvalue weighted by atomic mass is 9.64. The zero-order chi connectivity index (χ0) is 27.2. The van der Waals surface area contributed by atoms with E-state index in [2.05, 4.69) is 75.9 Å². The minimum Gasteiger partial charge on any atom is -0.380 e. The van der Waals surface area contributed by atoms with Gasteiger partial charge in [-0.15, -0.1) is 5.10 Å². The quantitative estimate of drug-likeness (QED) is 0.353. The molecule has 1 aromatic rings. The molecule has 2 rings (SSSR count). The molecule has 0 bridgehead atoms. The maximum absolute atomic E-state index is 11.7. The smallest absolute Gasteiger partial charge is 0.130 e. The fourth-order valence-corrected chi connectivity index (χ4v) is 6.40. The predicted octanol–water partition coefficient (Wildman–Crippen LogP) is 5.20. The summed E-state index contributed by atoms with van der Waals surface area (Å²) in [6.45, 7) is 26.5. The molecule has 7 nitrogen and oxygen atoms in total. The summed E-state index contributed by atoms with van der Waals surface area (Å²) in [6, 6.07) is 0. The Hall–Kier alpha value is -1.31. The summed E-state index contributed by atoms with van der Waals surface area (Å²) < 4.78 is 8.19. The molecular formula is C29H55N5O2. The van der Waals surface area contributed by atoms with Crippen LogP contribution in [0.1, 0.15) is 93.7 Å². The number of likely N-dealkylation sites (tertiary alicyclic amines) is 1. The van der Waals surface area contributed by atoms with Gasteiger partial charge in [0.05, 0.1) is 18.9 Å². The Labute approximate surface area is 221 Å². The van der Waals surface area contributed by atoms with E-state index in [9.17, 15) is 4.79 Å². The molecule has 2 heterocycles. The number of piperidine rings is 1. The first kappa shape index (κ1) is 30.9. The Morgan fingerprint density at radius 2 is 1.58 bits per heavy atom. The summed E-state index contributed by atoms with van der Waals surface area (Å²) in [7, 11) is 1.92. The first-order valence-corrected chi connectivity index (χ1v) is 13.9. The molecule has 0 radical (unpaired) electrons. The van der Waals surface area contributed by atoms with Gasteiger partial charge in [0.15, 0.2) is 0 Å². The Morgan fingerprint density at radius 1 is 1.00 bits per heavy atom. The molecular weight excluding hydrogens is 450 g/mol. The summed E-state index contributed by atoms with van der Waals surface area (Å²) >= 11 is 0. The number of hydrogen-bond donors (Lipinski definition) is 1. The lowest BCUT2D eigenvalue weighted by Crippen LogP contribution is -2.45. The number of Topliss-reactive ketones (excluding diaryl/α,β-unsaturated/α-hetero) is 1. The van der Waals surface area contributed by atoms with Gasteiger partial charge in [-0.25, -0.2) is 0 Å². The molecule has 0 aliphatic carbocycles. The molecule has 0 amide bonds. The van der Waals surface area contributed by atoms with Crippen LogP contribution in [0.25, 0.3) is 0 Å². The van der Waals surface area contributed by atoms with E-state index in [-0.39, 0.29) is 21.7 Å². The number of carbonyl (C=O) groups is 1. The van der Waals surface area contributed by atoms with Crippen molar-refractivity contribution < 1.29 is 9.53 Å². The van der Waals surface area contributed by atoms with Crippen molar-refractivity contribution in [1.29, 1.82) is 0 Å². The first-order chi connectivity index (χ1) is 16.5. The Kier molecular flexibility index (Phi) is 10.7. The van der Waals surface area contributed by atoms with Gasteiger partial charge in [-0.05, 0) is 63.1 Å². The standard InChI is InChI=1S/C29H55N5O2/c1-23(35)15-26(2,3)18-29(8,9)24-11-13-33(14-12-24)19-27(4,5)21-36-22-28(6,7)20-34-17-25(16-30-10)31-32-34/h17,24,30H,11-16,18-22H2,1-10H3. The Balaban J connectivity index is 1.77. The molecule has 0 atom stereocenters. The first-order valence-electron chi connectivity index (χ1n) is 13.9. The van der Waals surface area contributed by atoms with Crippen LogP contribution in [-0.4, -0.2) is 65.6 Å². The molecule has 0 aromatic carbocycles. The molecule has 1 aliphatic rings. The normalized spacial score (nSPS) is 17.1. The van der Waals surface area contributed by atoms with Crippen LogP contribution in [0.3, 0.4) is 0 Å². The largest absolute Gasteiger partial charge is 0.380 e. The van der Waals surface area contributed by atoms with Gasteiger partial charge in [0.1, 0.15) is 5.78 Å². The number of rotatable bonds is 15. The number of hydrogen-bond acceptors (Lipinski definition) is 6.